The normalized spacial score (nSPS) is 11.1. The first kappa shape index (κ1) is 14.7. The van der Waals surface area contributed by atoms with Crippen LogP contribution < -0.4 is 0 Å². The SMILES string of the molecule is CC(=O)COC(=O)c1cc(S(C)(=O)=O)ccc1Cl. The maximum Gasteiger partial charge on any atom is 0.340 e. The number of Topliss-reactive ketones (excluding diaryl/α,β-unsaturated/α-hetero) is 1. The van der Waals surface area contributed by atoms with E-state index in [4.69, 9.17) is 11.6 Å². The van der Waals surface area contributed by atoms with Crippen LogP contribution in [0.1, 0.15) is 17.3 Å². The molecule has 0 aliphatic carbocycles. The van der Waals surface area contributed by atoms with Gasteiger partial charge in [0.05, 0.1) is 15.5 Å². The Labute approximate surface area is 110 Å². The highest BCUT2D eigenvalue weighted by atomic mass is 35.5. The fraction of sp³-hybridized carbons (Fsp3) is 0.273. The molecule has 1 aromatic rings. The van der Waals surface area contributed by atoms with Crippen molar-refractivity contribution in [1.82, 2.24) is 0 Å². The van der Waals surface area contributed by atoms with Gasteiger partial charge in [-0.1, -0.05) is 11.6 Å². The van der Waals surface area contributed by atoms with Crippen molar-refractivity contribution in [1.29, 1.82) is 0 Å². The van der Waals surface area contributed by atoms with Gasteiger partial charge in [0.25, 0.3) is 0 Å². The first-order valence-corrected chi connectivity index (χ1v) is 7.15. The topological polar surface area (TPSA) is 77.5 Å². The monoisotopic (exact) mass is 290 g/mol. The van der Waals surface area contributed by atoms with Crippen LogP contribution in [0.2, 0.25) is 5.02 Å². The Morgan fingerprint density at radius 2 is 1.94 bits per heavy atom. The summed E-state index contributed by atoms with van der Waals surface area (Å²) < 4.78 is 27.3. The van der Waals surface area contributed by atoms with Gasteiger partial charge < -0.3 is 4.74 Å². The largest absolute Gasteiger partial charge is 0.454 e. The van der Waals surface area contributed by atoms with E-state index in [2.05, 4.69) is 4.74 Å². The molecule has 0 fully saturated rings. The van der Waals surface area contributed by atoms with Crippen LogP contribution >= 0.6 is 11.6 Å². The molecule has 0 aliphatic rings. The van der Waals surface area contributed by atoms with Gasteiger partial charge in [-0.15, -0.1) is 0 Å². The third-order valence-electron chi connectivity index (χ3n) is 1.99. The van der Waals surface area contributed by atoms with Crippen LogP contribution in [0.3, 0.4) is 0 Å². The van der Waals surface area contributed by atoms with E-state index < -0.39 is 15.8 Å². The van der Waals surface area contributed by atoms with E-state index >= 15 is 0 Å². The van der Waals surface area contributed by atoms with Crippen LogP contribution in [0.4, 0.5) is 0 Å². The number of hydrogen-bond donors (Lipinski definition) is 0. The molecule has 0 radical (unpaired) electrons. The van der Waals surface area contributed by atoms with E-state index in [1.165, 1.54) is 19.1 Å². The molecule has 1 rings (SSSR count). The number of ether oxygens (including phenoxy) is 1. The van der Waals surface area contributed by atoms with Crippen molar-refractivity contribution in [2.24, 2.45) is 0 Å². The average molecular weight is 291 g/mol. The van der Waals surface area contributed by atoms with Gasteiger partial charge in [0.2, 0.25) is 0 Å². The molecular weight excluding hydrogens is 280 g/mol. The van der Waals surface area contributed by atoms with Crippen LogP contribution in [0, 0.1) is 0 Å². The molecular formula is C11H11ClO5S. The van der Waals surface area contributed by atoms with Crippen LogP contribution in [0.5, 0.6) is 0 Å². The van der Waals surface area contributed by atoms with Crippen LogP contribution in [0.25, 0.3) is 0 Å². The van der Waals surface area contributed by atoms with Crippen molar-refractivity contribution in [2.75, 3.05) is 12.9 Å². The zero-order valence-corrected chi connectivity index (χ0v) is 11.3. The summed E-state index contributed by atoms with van der Waals surface area (Å²) in [5.41, 5.74) is -0.0826. The number of rotatable bonds is 4. The second kappa shape index (κ2) is 5.49. The van der Waals surface area contributed by atoms with Gasteiger partial charge in [-0.3, -0.25) is 4.79 Å². The molecule has 0 N–H and O–H groups in total. The molecule has 0 aromatic heterocycles. The molecule has 98 valence electrons. The predicted molar refractivity (Wildman–Crippen MR) is 65.5 cm³/mol. The molecule has 0 bridgehead atoms. The third kappa shape index (κ3) is 3.82. The zero-order valence-electron chi connectivity index (χ0n) is 9.77. The summed E-state index contributed by atoms with van der Waals surface area (Å²) in [6, 6.07) is 3.71. The zero-order chi connectivity index (χ0) is 13.9. The molecule has 18 heavy (non-hydrogen) atoms. The molecule has 0 saturated heterocycles. The lowest BCUT2D eigenvalue weighted by molar-refractivity contribution is -0.120. The summed E-state index contributed by atoms with van der Waals surface area (Å²) in [5, 5.41) is 0.0657. The van der Waals surface area contributed by atoms with Gasteiger partial charge in [0, 0.05) is 6.26 Å². The van der Waals surface area contributed by atoms with Gasteiger partial charge in [-0.25, -0.2) is 13.2 Å². The summed E-state index contributed by atoms with van der Waals surface area (Å²) in [5.74, 6) is -1.15. The summed E-state index contributed by atoms with van der Waals surface area (Å²) in [4.78, 5) is 22.2. The predicted octanol–water partition coefficient (Wildman–Crippen LogP) is 1.49. The Balaban J connectivity index is 3.08. The van der Waals surface area contributed by atoms with E-state index in [0.29, 0.717) is 0 Å². The minimum atomic E-state index is -3.44. The molecule has 0 heterocycles. The van der Waals surface area contributed by atoms with E-state index in [9.17, 15) is 18.0 Å². The number of carbonyl (C=O) groups excluding carboxylic acids is 2. The Morgan fingerprint density at radius 3 is 2.44 bits per heavy atom. The second-order valence-electron chi connectivity index (χ2n) is 3.69. The van der Waals surface area contributed by atoms with Crippen LogP contribution in [-0.4, -0.2) is 33.0 Å². The van der Waals surface area contributed by atoms with Crippen molar-refractivity contribution in [3.63, 3.8) is 0 Å². The number of hydrogen-bond acceptors (Lipinski definition) is 5. The maximum atomic E-state index is 11.6. The second-order valence-corrected chi connectivity index (χ2v) is 6.11. The average Bonchev–Trinajstić information content (AvgIpc) is 2.24. The van der Waals surface area contributed by atoms with Gasteiger partial charge >= 0.3 is 5.97 Å². The lowest BCUT2D eigenvalue weighted by Gasteiger charge is -2.06. The van der Waals surface area contributed by atoms with Crippen molar-refractivity contribution < 1.29 is 22.7 Å². The molecule has 0 atom stereocenters. The number of benzene rings is 1. The standard InChI is InChI=1S/C11H11ClO5S/c1-7(13)6-17-11(14)9-5-8(18(2,15)16)3-4-10(9)12/h3-5H,6H2,1-2H3. The van der Waals surface area contributed by atoms with Crippen molar-refractivity contribution in [2.45, 2.75) is 11.8 Å². The fourth-order valence-corrected chi connectivity index (χ4v) is 1.98. The molecule has 0 spiro atoms. The highest BCUT2D eigenvalue weighted by molar-refractivity contribution is 7.90. The minimum Gasteiger partial charge on any atom is -0.454 e. The van der Waals surface area contributed by atoms with E-state index in [0.717, 1.165) is 12.3 Å². The quantitative estimate of drug-likeness (QED) is 0.785. The molecule has 0 amide bonds. The number of ketones is 1. The maximum absolute atomic E-state index is 11.6. The van der Waals surface area contributed by atoms with Crippen LogP contribution in [-0.2, 0) is 19.4 Å². The molecule has 0 aliphatic heterocycles. The summed E-state index contributed by atoms with van der Waals surface area (Å²) in [6.45, 7) is 0.889. The minimum absolute atomic E-state index is 0.0401. The number of carbonyl (C=O) groups is 2. The van der Waals surface area contributed by atoms with Crippen LogP contribution in [0.15, 0.2) is 23.1 Å². The summed E-state index contributed by atoms with van der Waals surface area (Å²) in [7, 11) is -3.44. The highest BCUT2D eigenvalue weighted by Crippen LogP contribution is 2.21. The van der Waals surface area contributed by atoms with Crippen molar-refractivity contribution >= 4 is 33.2 Å². The Morgan fingerprint density at radius 1 is 1.33 bits per heavy atom. The molecule has 5 nitrogen and oxygen atoms in total. The van der Waals surface area contributed by atoms with Gasteiger partial charge in [-0.05, 0) is 25.1 Å². The van der Waals surface area contributed by atoms with Gasteiger partial charge in [0.15, 0.2) is 15.6 Å². The molecule has 7 heteroatoms. The molecule has 0 saturated carbocycles. The van der Waals surface area contributed by atoms with E-state index in [1.807, 2.05) is 0 Å². The lowest BCUT2D eigenvalue weighted by Crippen LogP contribution is -2.12. The van der Waals surface area contributed by atoms with E-state index in [1.54, 1.807) is 0 Å². The number of esters is 1. The van der Waals surface area contributed by atoms with Gasteiger partial charge in [0.1, 0.15) is 6.61 Å². The Bertz CT molecular complexity index is 591. The summed E-state index contributed by atoms with van der Waals surface area (Å²) >= 11 is 5.78. The molecule has 0 unspecified atom stereocenters. The summed E-state index contributed by atoms with van der Waals surface area (Å²) in [6.07, 6.45) is 1.01. The third-order valence-corrected chi connectivity index (χ3v) is 3.43. The van der Waals surface area contributed by atoms with Gasteiger partial charge in [-0.2, -0.15) is 0 Å². The molecule has 1 aromatic carbocycles. The first-order valence-electron chi connectivity index (χ1n) is 4.88. The Kier molecular flexibility index (Phi) is 4.48. The number of sulfone groups is 1. The van der Waals surface area contributed by atoms with E-state index in [-0.39, 0.29) is 27.9 Å². The Hall–Kier alpha value is -1.40. The van der Waals surface area contributed by atoms with Crippen molar-refractivity contribution in [3.8, 4) is 0 Å². The smallest absolute Gasteiger partial charge is 0.340 e. The fourth-order valence-electron chi connectivity index (χ4n) is 1.14. The lowest BCUT2D eigenvalue weighted by atomic mass is 10.2. The first-order chi connectivity index (χ1) is 8.21. The van der Waals surface area contributed by atoms with Crippen molar-refractivity contribution in [3.05, 3.63) is 28.8 Å². The highest BCUT2D eigenvalue weighted by Gasteiger charge is 2.16. The number of halogens is 1.